The maximum atomic E-state index is 13.2. The number of rotatable bonds is 6. The molecule has 0 aliphatic rings. The molecule has 2 aromatic heterocycles. The summed E-state index contributed by atoms with van der Waals surface area (Å²) in [6, 6.07) is 18.2. The minimum absolute atomic E-state index is 0.354. The average Bonchev–Trinajstić information content (AvgIpc) is 3.26. The van der Waals surface area contributed by atoms with Crippen LogP contribution >= 0.6 is 11.6 Å². The second-order valence-corrected chi connectivity index (χ2v) is 6.99. The zero-order valence-electron chi connectivity index (χ0n) is 16.9. The SMILES string of the molecule is COc1ccc(OC)c(-c2nn(-c3ccccc3)cc2C(=O)Nc2ccc(Cl)cn2)c1. The van der Waals surface area contributed by atoms with E-state index in [1.54, 1.807) is 55.4 Å². The van der Waals surface area contributed by atoms with Crippen molar-refractivity contribution in [3.05, 3.63) is 83.6 Å². The summed E-state index contributed by atoms with van der Waals surface area (Å²) in [5, 5.41) is 7.97. The van der Waals surface area contributed by atoms with E-state index in [-0.39, 0.29) is 5.91 Å². The lowest BCUT2D eigenvalue weighted by Crippen LogP contribution is -2.13. The Hall–Kier alpha value is -3.84. The fourth-order valence-electron chi connectivity index (χ4n) is 3.08. The van der Waals surface area contributed by atoms with Crippen LogP contribution in [0.3, 0.4) is 0 Å². The van der Waals surface area contributed by atoms with Crippen molar-refractivity contribution in [1.29, 1.82) is 0 Å². The molecule has 0 unspecified atom stereocenters. The van der Waals surface area contributed by atoms with Crippen molar-refractivity contribution < 1.29 is 14.3 Å². The van der Waals surface area contributed by atoms with Crippen LogP contribution < -0.4 is 14.8 Å². The van der Waals surface area contributed by atoms with Gasteiger partial charge in [0.25, 0.3) is 5.91 Å². The first kappa shape index (κ1) is 20.4. The lowest BCUT2D eigenvalue weighted by atomic mass is 10.1. The Morgan fingerprint density at radius 3 is 2.52 bits per heavy atom. The average molecular weight is 435 g/mol. The Kier molecular flexibility index (Phi) is 5.86. The normalized spacial score (nSPS) is 10.5. The third-order valence-corrected chi connectivity index (χ3v) is 4.83. The molecule has 1 amide bonds. The van der Waals surface area contributed by atoms with E-state index in [1.807, 2.05) is 30.3 Å². The van der Waals surface area contributed by atoms with E-state index in [4.69, 9.17) is 26.2 Å². The number of ether oxygens (including phenoxy) is 2. The number of methoxy groups -OCH3 is 2. The molecule has 0 radical (unpaired) electrons. The van der Waals surface area contributed by atoms with Crippen LogP contribution in [0.4, 0.5) is 5.82 Å². The van der Waals surface area contributed by atoms with Crippen molar-refractivity contribution in [2.24, 2.45) is 0 Å². The first-order valence-corrected chi connectivity index (χ1v) is 9.77. The van der Waals surface area contributed by atoms with Crippen LogP contribution in [0.15, 0.2) is 73.1 Å². The molecule has 0 bridgehead atoms. The molecule has 31 heavy (non-hydrogen) atoms. The Bertz CT molecular complexity index is 1210. The Morgan fingerprint density at radius 2 is 1.84 bits per heavy atom. The lowest BCUT2D eigenvalue weighted by Gasteiger charge is -2.10. The van der Waals surface area contributed by atoms with Gasteiger partial charge in [0.15, 0.2) is 0 Å². The molecule has 0 atom stereocenters. The van der Waals surface area contributed by atoms with Crippen LogP contribution in [0.25, 0.3) is 16.9 Å². The molecule has 7 nitrogen and oxygen atoms in total. The van der Waals surface area contributed by atoms with E-state index in [0.29, 0.717) is 39.2 Å². The number of para-hydroxylation sites is 1. The molecule has 0 spiro atoms. The molecular weight excluding hydrogens is 416 g/mol. The molecule has 4 rings (SSSR count). The van der Waals surface area contributed by atoms with Gasteiger partial charge in [-0.2, -0.15) is 5.10 Å². The highest BCUT2D eigenvalue weighted by atomic mass is 35.5. The van der Waals surface area contributed by atoms with Gasteiger partial charge in [-0.15, -0.1) is 0 Å². The molecule has 156 valence electrons. The largest absolute Gasteiger partial charge is 0.497 e. The molecule has 0 fully saturated rings. The van der Waals surface area contributed by atoms with Crippen LogP contribution in [-0.4, -0.2) is 34.9 Å². The Morgan fingerprint density at radius 1 is 1.03 bits per heavy atom. The fourth-order valence-corrected chi connectivity index (χ4v) is 3.20. The minimum Gasteiger partial charge on any atom is -0.497 e. The second-order valence-electron chi connectivity index (χ2n) is 6.55. The highest BCUT2D eigenvalue weighted by molar-refractivity contribution is 6.30. The number of halogens is 1. The van der Waals surface area contributed by atoms with Crippen molar-refractivity contribution in [3.63, 3.8) is 0 Å². The standard InChI is InChI=1S/C23H19ClN4O3/c1-30-17-9-10-20(31-2)18(12-17)22-19(14-28(27-22)16-6-4-3-5-7-16)23(29)26-21-11-8-15(24)13-25-21/h3-14H,1-2H3,(H,25,26,29). The van der Waals surface area contributed by atoms with E-state index < -0.39 is 0 Å². The summed E-state index contributed by atoms with van der Waals surface area (Å²) in [4.78, 5) is 17.3. The van der Waals surface area contributed by atoms with Gasteiger partial charge in [0.2, 0.25) is 0 Å². The van der Waals surface area contributed by atoms with Gasteiger partial charge in [-0.25, -0.2) is 9.67 Å². The predicted molar refractivity (Wildman–Crippen MR) is 119 cm³/mol. The van der Waals surface area contributed by atoms with Gasteiger partial charge in [-0.3, -0.25) is 4.79 Å². The summed E-state index contributed by atoms with van der Waals surface area (Å²) in [5.74, 6) is 1.20. The molecular formula is C23H19ClN4O3. The van der Waals surface area contributed by atoms with Gasteiger partial charge in [0.1, 0.15) is 23.0 Å². The molecule has 1 N–H and O–H groups in total. The number of amides is 1. The number of pyridine rings is 1. The van der Waals surface area contributed by atoms with Crippen LogP contribution in [0.1, 0.15) is 10.4 Å². The third kappa shape index (κ3) is 4.36. The zero-order chi connectivity index (χ0) is 21.8. The summed E-state index contributed by atoms with van der Waals surface area (Å²) in [5.41, 5.74) is 2.25. The van der Waals surface area contributed by atoms with Gasteiger partial charge in [0.05, 0.1) is 30.5 Å². The molecule has 0 aliphatic carbocycles. The summed E-state index contributed by atoms with van der Waals surface area (Å²) in [6.07, 6.45) is 3.14. The number of anilines is 1. The monoisotopic (exact) mass is 434 g/mol. The lowest BCUT2D eigenvalue weighted by molar-refractivity contribution is 0.102. The van der Waals surface area contributed by atoms with E-state index in [0.717, 1.165) is 5.69 Å². The quantitative estimate of drug-likeness (QED) is 0.469. The topological polar surface area (TPSA) is 78.3 Å². The van der Waals surface area contributed by atoms with Gasteiger partial charge in [0, 0.05) is 18.0 Å². The van der Waals surface area contributed by atoms with Gasteiger partial charge in [-0.05, 0) is 42.5 Å². The van der Waals surface area contributed by atoms with Crippen molar-refractivity contribution >= 4 is 23.3 Å². The number of benzene rings is 2. The molecule has 0 saturated carbocycles. The first-order chi connectivity index (χ1) is 15.1. The Labute approximate surface area is 184 Å². The van der Waals surface area contributed by atoms with Crippen molar-refractivity contribution in [2.45, 2.75) is 0 Å². The number of nitrogens with one attached hydrogen (secondary N) is 1. The maximum absolute atomic E-state index is 13.2. The number of aromatic nitrogens is 3. The zero-order valence-corrected chi connectivity index (χ0v) is 17.6. The van der Waals surface area contributed by atoms with Crippen LogP contribution in [-0.2, 0) is 0 Å². The van der Waals surface area contributed by atoms with E-state index in [9.17, 15) is 4.79 Å². The summed E-state index contributed by atoms with van der Waals surface area (Å²) in [7, 11) is 3.14. The van der Waals surface area contributed by atoms with Crippen LogP contribution in [0, 0.1) is 0 Å². The second kappa shape index (κ2) is 8.89. The van der Waals surface area contributed by atoms with Crippen molar-refractivity contribution in [1.82, 2.24) is 14.8 Å². The highest BCUT2D eigenvalue weighted by Gasteiger charge is 2.22. The molecule has 4 aromatic rings. The van der Waals surface area contributed by atoms with E-state index in [2.05, 4.69) is 10.3 Å². The van der Waals surface area contributed by atoms with E-state index >= 15 is 0 Å². The van der Waals surface area contributed by atoms with Gasteiger partial charge >= 0.3 is 0 Å². The van der Waals surface area contributed by atoms with Gasteiger partial charge < -0.3 is 14.8 Å². The number of hydrogen-bond acceptors (Lipinski definition) is 5. The summed E-state index contributed by atoms with van der Waals surface area (Å²) < 4.78 is 12.5. The number of hydrogen-bond donors (Lipinski definition) is 1. The molecule has 2 heterocycles. The first-order valence-electron chi connectivity index (χ1n) is 9.39. The number of carbonyl (C=O) groups is 1. The van der Waals surface area contributed by atoms with Crippen molar-refractivity contribution in [2.75, 3.05) is 19.5 Å². The number of carbonyl (C=O) groups excluding carboxylic acids is 1. The number of nitrogens with zero attached hydrogens (tertiary/aromatic N) is 3. The summed E-state index contributed by atoms with van der Waals surface area (Å²) >= 11 is 5.89. The van der Waals surface area contributed by atoms with E-state index in [1.165, 1.54) is 6.20 Å². The van der Waals surface area contributed by atoms with Crippen LogP contribution in [0.5, 0.6) is 11.5 Å². The summed E-state index contributed by atoms with van der Waals surface area (Å²) in [6.45, 7) is 0. The smallest absolute Gasteiger partial charge is 0.260 e. The maximum Gasteiger partial charge on any atom is 0.260 e. The molecule has 0 saturated heterocycles. The molecule has 8 heteroatoms. The molecule has 2 aromatic carbocycles. The minimum atomic E-state index is -0.364. The fraction of sp³-hybridized carbons (Fsp3) is 0.0870. The van der Waals surface area contributed by atoms with Crippen molar-refractivity contribution in [3.8, 4) is 28.4 Å². The van der Waals surface area contributed by atoms with Gasteiger partial charge in [-0.1, -0.05) is 29.8 Å². The highest BCUT2D eigenvalue weighted by Crippen LogP contribution is 2.35. The predicted octanol–water partition coefficient (Wildman–Crippen LogP) is 4.86. The third-order valence-electron chi connectivity index (χ3n) is 4.61. The molecule has 0 aliphatic heterocycles. The Balaban J connectivity index is 1.83. The van der Waals surface area contributed by atoms with Crippen LogP contribution in [0.2, 0.25) is 5.02 Å².